The van der Waals surface area contributed by atoms with E-state index in [-0.39, 0.29) is 43.1 Å². The van der Waals surface area contributed by atoms with Crippen molar-refractivity contribution in [3.8, 4) is 0 Å². The molecule has 0 saturated heterocycles. The second-order valence-corrected chi connectivity index (χ2v) is 5.08. The summed E-state index contributed by atoms with van der Waals surface area (Å²) in [5.41, 5.74) is 0.617. The molecule has 0 spiro atoms. The van der Waals surface area contributed by atoms with Crippen LogP contribution in [0.2, 0.25) is 0 Å². The van der Waals surface area contributed by atoms with Crippen molar-refractivity contribution in [1.82, 2.24) is 20.8 Å². The summed E-state index contributed by atoms with van der Waals surface area (Å²) in [7, 11) is 1.86. The first-order valence-corrected chi connectivity index (χ1v) is 7.06. The Balaban J connectivity index is 0.00000264. The summed E-state index contributed by atoms with van der Waals surface area (Å²) in [4.78, 5) is 16.0. The van der Waals surface area contributed by atoms with Crippen LogP contribution in [0.25, 0.3) is 0 Å². The van der Waals surface area contributed by atoms with E-state index in [1.54, 1.807) is 12.1 Å². The highest BCUT2D eigenvalue weighted by molar-refractivity contribution is 5.85. The van der Waals surface area contributed by atoms with E-state index in [0.29, 0.717) is 23.7 Å². The third kappa shape index (κ3) is 6.33. The predicted molar refractivity (Wildman–Crippen MR) is 85.7 cm³/mol. The smallest absolute Gasteiger partial charge is 0.246 e. The van der Waals surface area contributed by atoms with E-state index in [9.17, 15) is 9.18 Å². The minimum Gasteiger partial charge on any atom is -0.347 e. The number of hydrogen-bond acceptors (Lipinski definition) is 5. The average molecular weight is 343 g/mol. The van der Waals surface area contributed by atoms with E-state index in [2.05, 4.69) is 20.8 Å². The number of hydrogen-bond donors (Lipinski definition) is 2. The summed E-state index contributed by atoms with van der Waals surface area (Å²) in [5, 5.41) is 9.61. The Morgan fingerprint density at radius 2 is 2.22 bits per heavy atom. The number of aromatic nitrogens is 2. The fourth-order valence-corrected chi connectivity index (χ4v) is 1.89. The fraction of sp³-hybridized carbons (Fsp3) is 0.400. The predicted octanol–water partition coefficient (Wildman–Crippen LogP) is 1.64. The summed E-state index contributed by atoms with van der Waals surface area (Å²) >= 11 is 0. The molecule has 1 aromatic heterocycles. The van der Waals surface area contributed by atoms with Crippen LogP contribution >= 0.6 is 12.4 Å². The van der Waals surface area contributed by atoms with Crippen LogP contribution in [0.5, 0.6) is 0 Å². The van der Waals surface area contributed by atoms with E-state index in [0.717, 1.165) is 0 Å². The first kappa shape index (κ1) is 19.1. The van der Waals surface area contributed by atoms with Gasteiger partial charge in [0.2, 0.25) is 11.8 Å². The molecule has 2 rings (SSSR count). The number of rotatable bonds is 7. The number of carbonyl (C=O) groups excluding carboxylic acids is 1. The lowest BCUT2D eigenvalue weighted by molar-refractivity contribution is -0.120. The Hall–Kier alpha value is -1.99. The molecule has 0 saturated carbocycles. The van der Waals surface area contributed by atoms with Crippen LogP contribution in [-0.4, -0.2) is 29.1 Å². The fourth-order valence-electron chi connectivity index (χ4n) is 1.89. The summed E-state index contributed by atoms with van der Waals surface area (Å²) in [5.74, 6) is 0.363. The van der Waals surface area contributed by atoms with E-state index in [1.807, 2.05) is 14.0 Å². The minimum absolute atomic E-state index is 0. The van der Waals surface area contributed by atoms with Crippen molar-refractivity contribution in [2.45, 2.75) is 32.4 Å². The molecule has 2 aromatic rings. The van der Waals surface area contributed by atoms with Crippen molar-refractivity contribution in [2.75, 3.05) is 7.05 Å². The average Bonchev–Trinajstić information content (AvgIpc) is 2.92. The highest BCUT2D eigenvalue weighted by Gasteiger charge is 2.11. The van der Waals surface area contributed by atoms with Gasteiger partial charge in [0.05, 0.1) is 13.0 Å². The van der Waals surface area contributed by atoms with Gasteiger partial charge in [0.1, 0.15) is 5.82 Å². The first-order valence-electron chi connectivity index (χ1n) is 7.06. The van der Waals surface area contributed by atoms with Gasteiger partial charge in [0.15, 0.2) is 5.82 Å². The highest BCUT2D eigenvalue weighted by Crippen LogP contribution is 2.05. The Morgan fingerprint density at radius 3 is 2.91 bits per heavy atom. The van der Waals surface area contributed by atoms with Crippen LogP contribution in [0.3, 0.4) is 0 Å². The second kappa shape index (κ2) is 9.22. The monoisotopic (exact) mass is 342 g/mol. The quantitative estimate of drug-likeness (QED) is 0.799. The van der Waals surface area contributed by atoms with E-state index in [4.69, 9.17) is 4.52 Å². The van der Waals surface area contributed by atoms with Gasteiger partial charge in [-0.05, 0) is 31.7 Å². The molecule has 1 aromatic carbocycles. The zero-order chi connectivity index (χ0) is 15.9. The number of nitrogens with zero attached hydrogens (tertiary/aromatic N) is 2. The maximum atomic E-state index is 13.0. The summed E-state index contributed by atoms with van der Waals surface area (Å²) in [6.45, 7) is 2.17. The molecule has 0 fully saturated rings. The van der Waals surface area contributed by atoms with E-state index < -0.39 is 0 Å². The molecule has 0 bridgehead atoms. The van der Waals surface area contributed by atoms with Crippen LogP contribution in [0, 0.1) is 5.82 Å². The number of likely N-dealkylation sites (N-methyl/N-ethyl adjacent to an activating group) is 1. The maximum absolute atomic E-state index is 13.0. The van der Waals surface area contributed by atoms with Crippen LogP contribution in [0.15, 0.2) is 28.8 Å². The van der Waals surface area contributed by atoms with E-state index in [1.165, 1.54) is 12.1 Å². The molecule has 0 aliphatic rings. The Morgan fingerprint density at radius 1 is 1.43 bits per heavy atom. The molecule has 0 aliphatic heterocycles. The lowest BCUT2D eigenvalue weighted by atomic mass is 10.1. The van der Waals surface area contributed by atoms with Gasteiger partial charge >= 0.3 is 0 Å². The largest absolute Gasteiger partial charge is 0.347 e. The van der Waals surface area contributed by atoms with Crippen LogP contribution < -0.4 is 10.6 Å². The third-order valence-corrected chi connectivity index (χ3v) is 3.18. The molecule has 1 unspecified atom stereocenters. The van der Waals surface area contributed by atoms with Crippen molar-refractivity contribution in [3.05, 3.63) is 47.4 Å². The van der Waals surface area contributed by atoms with Gasteiger partial charge < -0.3 is 15.2 Å². The Kier molecular flexibility index (Phi) is 7.64. The molecule has 0 aliphatic carbocycles. The Labute approximate surface area is 140 Å². The molecule has 1 heterocycles. The zero-order valence-corrected chi connectivity index (χ0v) is 13.8. The SMILES string of the molecule is CNC(C)Cc1noc(CNC(=O)Cc2cccc(F)c2)n1.Cl. The van der Waals surface area contributed by atoms with Crippen molar-refractivity contribution in [2.24, 2.45) is 0 Å². The molecule has 1 atom stereocenters. The summed E-state index contributed by atoms with van der Waals surface area (Å²) in [6, 6.07) is 6.20. The number of benzene rings is 1. The number of nitrogens with one attached hydrogen (secondary N) is 2. The van der Waals surface area contributed by atoms with Crippen molar-refractivity contribution < 1.29 is 13.7 Å². The number of amides is 1. The first-order chi connectivity index (χ1) is 10.6. The molecule has 6 nitrogen and oxygen atoms in total. The third-order valence-electron chi connectivity index (χ3n) is 3.18. The van der Waals surface area contributed by atoms with Crippen LogP contribution in [0.4, 0.5) is 4.39 Å². The molecule has 2 N–H and O–H groups in total. The molecule has 0 radical (unpaired) electrons. The van der Waals surface area contributed by atoms with Crippen molar-refractivity contribution in [1.29, 1.82) is 0 Å². The van der Waals surface area contributed by atoms with Crippen molar-refractivity contribution >= 4 is 18.3 Å². The van der Waals surface area contributed by atoms with Gasteiger partial charge in [-0.1, -0.05) is 17.3 Å². The topological polar surface area (TPSA) is 80.0 Å². The summed E-state index contributed by atoms with van der Waals surface area (Å²) < 4.78 is 18.1. The van der Waals surface area contributed by atoms with Crippen LogP contribution in [0.1, 0.15) is 24.2 Å². The lowest BCUT2D eigenvalue weighted by Crippen LogP contribution is -2.25. The van der Waals surface area contributed by atoms with Gasteiger partial charge in [-0.2, -0.15) is 4.98 Å². The molecular weight excluding hydrogens is 323 g/mol. The molecular formula is C15H20ClFN4O2. The minimum atomic E-state index is -0.356. The van der Waals surface area contributed by atoms with E-state index >= 15 is 0 Å². The van der Waals surface area contributed by atoms with Gasteiger partial charge in [0.25, 0.3) is 0 Å². The molecule has 23 heavy (non-hydrogen) atoms. The second-order valence-electron chi connectivity index (χ2n) is 5.08. The summed E-state index contributed by atoms with van der Waals surface area (Å²) in [6.07, 6.45) is 0.757. The maximum Gasteiger partial charge on any atom is 0.246 e. The van der Waals surface area contributed by atoms with Gasteiger partial charge in [-0.3, -0.25) is 4.79 Å². The van der Waals surface area contributed by atoms with Gasteiger partial charge in [-0.15, -0.1) is 12.4 Å². The zero-order valence-electron chi connectivity index (χ0n) is 13.0. The lowest BCUT2D eigenvalue weighted by Gasteiger charge is -2.04. The molecule has 1 amide bonds. The Bertz CT molecular complexity index is 635. The number of halogens is 2. The standard InChI is InChI=1S/C15H19FN4O2.ClH/c1-10(17-2)6-13-19-15(22-20-13)9-18-14(21)8-11-4-3-5-12(16)7-11;/h3-5,7,10,17H,6,8-9H2,1-2H3,(H,18,21);1H. The number of carbonyl (C=O) groups is 1. The molecule has 8 heteroatoms. The van der Waals surface area contributed by atoms with Gasteiger partial charge in [0, 0.05) is 12.5 Å². The van der Waals surface area contributed by atoms with Crippen LogP contribution in [-0.2, 0) is 24.2 Å². The molecule has 126 valence electrons. The van der Waals surface area contributed by atoms with Gasteiger partial charge in [-0.25, -0.2) is 4.39 Å². The normalized spacial score (nSPS) is 11.6. The highest BCUT2D eigenvalue weighted by atomic mass is 35.5. The van der Waals surface area contributed by atoms with Crippen molar-refractivity contribution in [3.63, 3.8) is 0 Å².